The zero-order chi connectivity index (χ0) is 12.6. The molecule has 0 bridgehead atoms. The molecule has 0 amide bonds. The van der Waals surface area contributed by atoms with Gasteiger partial charge in [-0.05, 0) is 12.1 Å². The molecule has 4 nitrogen and oxygen atoms in total. The molecule has 0 saturated heterocycles. The molecule has 2 aromatic rings. The SMILES string of the molecule is CN(C)c1cccc(F)c1-c1cc(N)n(C)n1. The minimum absolute atomic E-state index is 0.297. The highest BCUT2D eigenvalue weighted by molar-refractivity contribution is 5.77. The Labute approximate surface area is 99.5 Å². The molecule has 1 aromatic carbocycles. The first-order valence-electron chi connectivity index (χ1n) is 5.26. The summed E-state index contributed by atoms with van der Waals surface area (Å²) in [5, 5.41) is 4.21. The number of nitrogens with two attached hydrogens (primary N) is 1. The predicted molar refractivity (Wildman–Crippen MR) is 67.3 cm³/mol. The maximum atomic E-state index is 13.9. The summed E-state index contributed by atoms with van der Waals surface area (Å²) in [4.78, 5) is 1.85. The van der Waals surface area contributed by atoms with Gasteiger partial charge in [0.2, 0.25) is 0 Å². The average molecular weight is 234 g/mol. The minimum Gasteiger partial charge on any atom is -0.384 e. The van der Waals surface area contributed by atoms with Gasteiger partial charge in [-0.25, -0.2) is 4.39 Å². The molecule has 0 aliphatic heterocycles. The predicted octanol–water partition coefficient (Wildman–Crippen LogP) is 1.87. The van der Waals surface area contributed by atoms with E-state index in [1.54, 1.807) is 19.2 Å². The highest BCUT2D eigenvalue weighted by Gasteiger charge is 2.15. The summed E-state index contributed by atoms with van der Waals surface area (Å²) < 4.78 is 15.4. The van der Waals surface area contributed by atoms with E-state index in [0.29, 0.717) is 17.1 Å². The van der Waals surface area contributed by atoms with Crippen molar-refractivity contribution in [2.45, 2.75) is 0 Å². The summed E-state index contributed by atoms with van der Waals surface area (Å²) in [5.41, 5.74) is 7.52. The van der Waals surface area contributed by atoms with Crippen LogP contribution >= 0.6 is 0 Å². The van der Waals surface area contributed by atoms with Gasteiger partial charge in [-0.15, -0.1) is 0 Å². The Morgan fingerprint density at radius 2 is 2.06 bits per heavy atom. The van der Waals surface area contributed by atoms with Gasteiger partial charge in [0.05, 0.1) is 11.3 Å². The molecule has 0 spiro atoms. The monoisotopic (exact) mass is 234 g/mol. The Hall–Kier alpha value is -2.04. The zero-order valence-electron chi connectivity index (χ0n) is 10.1. The molecule has 0 atom stereocenters. The second-order valence-electron chi connectivity index (χ2n) is 4.11. The molecular formula is C12H15FN4. The molecule has 2 rings (SSSR count). The lowest BCUT2D eigenvalue weighted by Gasteiger charge is -2.16. The van der Waals surface area contributed by atoms with Gasteiger partial charge < -0.3 is 10.6 Å². The van der Waals surface area contributed by atoms with Crippen LogP contribution in [-0.2, 0) is 7.05 Å². The molecule has 0 unspecified atom stereocenters. The molecular weight excluding hydrogens is 219 g/mol. The van der Waals surface area contributed by atoms with Crippen molar-refractivity contribution >= 4 is 11.5 Å². The van der Waals surface area contributed by atoms with Crippen molar-refractivity contribution in [1.82, 2.24) is 9.78 Å². The highest BCUT2D eigenvalue weighted by atomic mass is 19.1. The van der Waals surface area contributed by atoms with E-state index < -0.39 is 0 Å². The molecule has 1 heterocycles. The van der Waals surface area contributed by atoms with Gasteiger partial charge in [0.25, 0.3) is 0 Å². The minimum atomic E-state index is -0.297. The van der Waals surface area contributed by atoms with Crippen LogP contribution < -0.4 is 10.6 Å². The summed E-state index contributed by atoms with van der Waals surface area (Å²) in [6, 6.07) is 6.63. The van der Waals surface area contributed by atoms with Crippen LogP contribution in [0.4, 0.5) is 15.9 Å². The Morgan fingerprint density at radius 3 is 2.59 bits per heavy atom. The quantitative estimate of drug-likeness (QED) is 0.863. The van der Waals surface area contributed by atoms with Gasteiger partial charge >= 0.3 is 0 Å². The Morgan fingerprint density at radius 1 is 1.35 bits per heavy atom. The molecule has 0 aliphatic carbocycles. The lowest BCUT2D eigenvalue weighted by atomic mass is 10.1. The molecule has 5 heteroatoms. The van der Waals surface area contributed by atoms with Crippen molar-refractivity contribution in [3.63, 3.8) is 0 Å². The fraction of sp³-hybridized carbons (Fsp3) is 0.250. The van der Waals surface area contributed by atoms with Gasteiger partial charge in [0, 0.05) is 32.9 Å². The van der Waals surface area contributed by atoms with E-state index in [2.05, 4.69) is 5.10 Å². The third-order valence-electron chi connectivity index (χ3n) is 2.65. The van der Waals surface area contributed by atoms with E-state index in [1.165, 1.54) is 10.7 Å². The first-order valence-corrected chi connectivity index (χ1v) is 5.26. The largest absolute Gasteiger partial charge is 0.384 e. The average Bonchev–Trinajstić information content (AvgIpc) is 2.58. The van der Waals surface area contributed by atoms with Crippen LogP contribution in [-0.4, -0.2) is 23.9 Å². The van der Waals surface area contributed by atoms with Gasteiger partial charge in [0.15, 0.2) is 0 Å². The topological polar surface area (TPSA) is 47.1 Å². The standard InChI is InChI=1S/C12H15FN4/c1-16(2)10-6-4-5-8(13)12(10)9-7-11(14)17(3)15-9/h4-7H,14H2,1-3H3. The fourth-order valence-electron chi connectivity index (χ4n) is 1.74. The maximum Gasteiger partial charge on any atom is 0.134 e. The zero-order valence-corrected chi connectivity index (χ0v) is 10.1. The number of hydrogen-bond donors (Lipinski definition) is 1. The van der Waals surface area contributed by atoms with E-state index in [9.17, 15) is 4.39 Å². The van der Waals surface area contributed by atoms with Crippen molar-refractivity contribution in [1.29, 1.82) is 0 Å². The van der Waals surface area contributed by atoms with E-state index in [1.807, 2.05) is 25.1 Å². The number of halogens is 1. The van der Waals surface area contributed by atoms with E-state index >= 15 is 0 Å². The smallest absolute Gasteiger partial charge is 0.134 e. The normalized spacial score (nSPS) is 10.6. The Balaban J connectivity index is 2.65. The number of nitrogen functional groups attached to an aromatic ring is 1. The van der Waals surface area contributed by atoms with Crippen molar-refractivity contribution in [3.05, 3.63) is 30.1 Å². The molecule has 0 saturated carbocycles. The highest BCUT2D eigenvalue weighted by Crippen LogP contribution is 2.32. The van der Waals surface area contributed by atoms with E-state index in [4.69, 9.17) is 5.73 Å². The number of anilines is 2. The second kappa shape index (κ2) is 4.08. The Kier molecular flexibility index (Phi) is 2.75. The molecule has 1 aromatic heterocycles. The first-order chi connectivity index (χ1) is 8.00. The van der Waals surface area contributed by atoms with E-state index in [-0.39, 0.29) is 5.82 Å². The van der Waals surface area contributed by atoms with Crippen LogP contribution in [0.3, 0.4) is 0 Å². The van der Waals surface area contributed by atoms with Gasteiger partial charge in [-0.1, -0.05) is 6.07 Å². The molecule has 2 N–H and O–H groups in total. The third-order valence-corrected chi connectivity index (χ3v) is 2.65. The summed E-state index contributed by atoms with van der Waals surface area (Å²) in [6.07, 6.45) is 0. The van der Waals surface area contributed by atoms with Crippen LogP contribution in [0.25, 0.3) is 11.3 Å². The van der Waals surface area contributed by atoms with Crippen LogP contribution in [0, 0.1) is 5.82 Å². The van der Waals surface area contributed by atoms with Crippen molar-refractivity contribution < 1.29 is 4.39 Å². The summed E-state index contributed by atoms with van der Waals surface area (Å²) >= 11 is 0. The maximum absolute atomic E-state index is 13.9. The molecule has 17 heavy (non-hydrogen) atoms. The molecule has 90 valence electrons. The number of nitrogens with zero attached hydrogens (tertiary/aromatic N) is 3. The van der Waals surface area contributed by atoms with Crippen LogP contribution in [0.1, 0.15) is 0 Å². The number of aromatic nitrogens is 2. The first kappa shape index (κ1) is 11.4. The van der Waals surface area contributed by atoms with Gasteiger partial charge in [-0.2, -0.15) is 5.10 Å². The van der Waals surface area contributed by atoms with Crippen molar-refractivity contribution in [2.24, 2.45) is 7.05 Å². The van der Waals surface area contributed by atoms with Crippen LogP contribution in [0.5, 0.6) is 0 Å². The number of hydrogen-bond acceptors (Lipinski definition) is 3. The lowest BCUT2D eigenvalue weighted by Crippen LogP contribution is -2.10. The van der Waals surface area contributed by atoms with Crippen LogP contribution in [0.2, 0.25) is 0 Å². The summed E-state index contributed by atoms with van der Waals surface area (Å²) in [7, 11) is 5.46. The Bertz CT molecular complexity index is 526. The van der Waals surface area contributed by atoms with Crippen molar-refractivity contribution in [2.75, 3.05) is 24.7 Å². The third kappa shape index (κ3) is 1.95. The molecule has 0 fully saturated rings. The van der Waals surface area contributed by atoms with Gasteiger partial charge in [0.1, 0.15) is 11.6 Å². The number of aryl methyl sites for hydroxylation is 1. The summed E-state index contributed by atoms with van der Waals surface area (Å²) in [6.45, 7) is 0. The number of rotatable bonds is 2. The second-order valence-corrected chi connectivity index (χ2v) is 4.11. The summed E-state index contributed by atoms with van der Waals surface area (Å²) in [5.74, 6) is 0.210. The molecule has 0 aliphatic rings. The number of benzene rings is 1. The van der Waals surface area contributed by atoms with E-state index in [0.717, 1.165) is 5.69 Å². The molecule has 0 radical (unpaired) electrons. The lowest BCUT2D eigenvalue weighted by molar-refractivity contribution is 0.629. The van der Waals surface area contributed by atoms with Crippen molar-refractivity contribution in [3.8, 4) is 11.3 Å². The van der Waals surface area contributed by atoms with Crippen LogP contribution in [0.15, 0.2) is 24.3 Å². The fourth-order valence-corrected chi connectivity index (χ4v) is 1.74. The van der Waals surface area contributed by atoms with Gasteiger partial charge in [-0.3, -0.25) is 4.68 Å².